The molecule has 0 fully saturated rings. The standard InChI is InChI=1S/C34H35NO3S/c1-22-10-16-26(17-11-22)31(27-18-12-23(2)13-19-27)32(34(37)35-29-8-6-7-9-30(29)39-5)33(38-25(4)36)28-20-14-24(3)15-21-28/h6-21,31-33H,1-5H3,(H,35,37). The molecular weight excluding hydrogens is 502 g/mol. The highest BCUT2D eigenvalue weighted by molar-refractivity contribution is 7.98. The van der Waals surface area contributed by atoms with Crippen LogP contribution in [0.3, 0.4) is 0 Å². The van der Waals surface area contributed by atoms with Crippen LogP contribution in [0.5, 0.6) is 0 Å². The second-order valence-corrected chi connectivity index (χ2v) is 10.8. The molecule has 0 heterocycles. The average Bonchev–Trinajstić information content (AvgIpc) is 2.92. The van der Waals surface area contributed by atoms with Crippen molar-refractivity contribution >= 4 is 29.3 Å². The molecule has 0 aliphatic heterocycles. The van der Waals surface area contributed by atoms with Gasteiger partial charge < -0.3 is 10.1 Å². The van der Waals surface area contributed by atoms with Gasteiger partial charge in [0.2, 0.25) is 5.91 Å². The van der Waals surface area contributed by atoms with Gasteiger partial charge in [-0.3, -0.25) is 9.59 Å². The predicted octanol–water partition coefficient (Wildman–Crippen LogP) is 8.02. The molecule has 0 spiro atoms. The van der Waals surface area contributed by atoms with E-state index < -0.39 is 18.0 Å². The smallest absolute Gasteiger partial charge is 0.303 e. The van der Waals surface area contributed by atoms with Crippen LogP contribution >= 0.6 is 11.8 Å². The largest absolute Gasteiger partial charge is 0.457 e. The summed E-state index contributed by atoms with van der Waals surface area (Å²) >= 11 is 1.57. The highest BCUT2D eigenvalue weighted by atomic mass is 32.2. The second kappa shape index (κ2) is 12.8. The molecule has 0 aromatic heterocycles. The number of carbonyl (C=O) groups is 2. The summed E-state index contributed by atoms with van der Waals surface area (Å²) in [5.74, 6) is -1.78. The summed E-state index contributed by atoms with van der Waals surface area (Å²) in [6, 6.07) is 32.1. The molecule has 2 atom stereocenters. The Morgan fingerprint density at radius 2 is 1.15 bits per heavy atom. The third-order valence-corrected chi connectivity index (χ3v) is 7.72. The van der Waals surface area contributed by atoms with Crippen molar-refractivity contribution in [3.8, 4) is 0 Å². The van der Waals surface area contributed by atoms with E-state index in [9.17, 15) is 9.59 Å². The first kappa shape index (κ1) is 28.2. The van der Waals surface area contributed by atoms with Crippen LogP contribution < -0.4 is 5.32 Å². The molecule has 1 amide bonds. The molecule has 4 rings (SSSR count). The Balaban J connectivity index is 1.93. The minimum atomic E-state index is -0.808. The van der Waals surface area contributed by atoms with Crippen LogP contribution in [0.1, 0.15) is 52.3 Å². The van der Waals surface area contributed by atoms with E-state index in [0.29, 0.717) is 0 Å². The van der Waals surface area contributed by atoms with Gasteiger partial charge in [-0.2, -0.15) is 0 Å². The van der Waals surface area contributed by atoms with E-state index in [4.69, 9.17) is 4.74 Å². The van der Waals surface area contributed by atoms with E-state index in [1.165, 1.54) is 6.92 Å². The van der Waals surface area contributed by atoms with Crippen molar-refractivity contribution in [2.75, 3.05) is 11.6 Å². The van der Waals surface area contributed by atoms with E-state index in [-0.39, 0.29) is 11.8 Å². The van der Waals surface area contributed by atoms with Crippen molar-refractivity contribution in [2.45, 2.75) is 44.6 Å². The van der Waals surface area contributed by atoms with Crippen LogP contribution in [-0.4, -0.2) is 18.1 Å². The van der Waals surface area contributed by atoms with Crippen LogP contribution in [0.4, 0.5) is 5.69 Å². The van der Waals surface area contributed by atoms with Gasteiger partial charge in [-0.1, -0.05) is 102 Å². The molecule has 4 aromatic carbocycles. The maximum atomic E-state index is 14.5. The first-order chi connectivity index (χ1) is 18.8. The van der Waals surface area contributed by atoms with Gasteiger partial charge in [0, 0.05) is 17.7 Å². The Bertz CT molecular complexity index is 1370. The summed E-state index contributed by atoms with van der Waals surface area (Å²) in [7, 11) is 0. The fraction of sp³-hybridized carbons (Fsp3) is 0.235. The summed E-state index contributed by atoms with van der Waals surface area (Å²) in [5, 5.41) is 3.19. The molecule has 4 aromatic rings. The maximum Gasteiger partial charge on any atom is 0.303 e. The van der Waals surface area contributed by atoms with Gasteiger partial charge in [0.25, 0.3) is 0 Å². The van der Waals surface area contributed by atoms with Gasteiger partial charge >= 0.3 is 5.97 Å². The SMILES string of the molecule is CSc1ccccc1NC(=O)C(C(OC(C)=O)c1ccc(C)cc1)C(c1ccc(C)cc1)c1ccc(C)cc1. The molecule has 0 aliphatic rings. The number of ether oxygens (including phenoxy) is 1. The summed E-state index contributed by atoms with van der Waals surface area (Å²) in [6.45, 7) is 7.49. The van der Waals surface area contributed by atoms with Gasteiger partial charge in [-0.15, -0.1) is 11.8 Å². The van der Waals surface area contributed by atoms with Gasteiger partial charge in [0.15, 0.2) is 0 Å². The van der Waals surface area contributed by atoms with Crippen LogP contribution in [0, 0.1) is 26.7 Å². The van der Waals surface area contributed by atoms with Gasteiger partial charge in [-0.05, 0) is 55.9 Å². The molecule has 2 unspecified atom stereocenters. The third-order valence-electron chi connectivity index (χ3n) is 6.92. The van der Waals surface area contributed by atoms with Crippen LogP contribution in [-0.2, 0) is 14.3 Å². The number of para-hydroxylation sites is 1. The molecule has 0 saturated heterocycles. The highest BCUT2D eigenvalue weighted by Gasteiger charge is 2.40. The fourth-order valence-corrected chi connectivity index (χ4v) is 5.42. The first-order valence-corrected chi connectivity index (χ1v) is 14.3. The van der Waals surface area contributed by atoms with Crippen LogP contribution in [0.15, 0.2) is 102 Å². The summed E-state index contributed by atoms with van der Waals surface area (Å²) in [6.07, 6.45) is 1.18. The van der Waals surface area contributed by atoms with Gasteiger partial charge in [0.05, 0.1) is 11.6 Å². The van der Waals surface area contributed by atoms with E-state index >= 15 is 0 Å². The molecule has 0 bridgehead atoms. The monoisotopic (exact) mass is 537 g/mol. The molecular formula is C34H35NO3S. The number of benzene rings is 4. The number of anilines is 1. The summed E-state index contributed by atoms with van der Waals surface area (Å²) in [4.78, 5) is 27.9. The number of hydrogen-bond acceptors (Lipinski definition) is 4. The minimum Gasteiger partial charge on any atom is -0.457 e. The van der Waals surface area contributed by atoms with Crippen molar-refractivity contribution in [1.29, 1.82) is 0 Å². The zero-order chi connectivity index (χ0) is 27.9. The number of hydrogen-bond donors (Lipinski definition) is 1. The Kier molecular flexibility index (Phi) is 9.26. The molecule has 0 aliphatic carbocycles. The van der Waals surface area contributed by atoms with E-state index in [2.05, 4.69) is 53.8 Å². The number of carbonyl (C=O) groups excluding carboxylic acids is 2. The molecule has 4 nitrogen and oxygen atoms in total. The lowest BCUT2D eigenvalue weighted by molar-refractivity contribution is -0.151. The lowest BCUT2D eigenvalue weighted by Crippen LogP contribution is -2.36. The molecule has 5 heteroatoms. The normalized spacial score (nSPS) is 12.6. The number of thioether (sulfide) groups is 1. The number of amides is 1. The predicted molar refractivity (Wildman–Crippen MR) is 160 cm³/mol. The van der Waals surface area contributed by atoms with E-state index in [1.807, 2.05) is 75.6 Å². The van der Waals surface area contributed by atoms with E-state index in [0.717, 1.165) is 44.0 Å². The summed E-state index contributed by atoms with van der Waals surface area (Å²) in [5.41, 5.74) is 6.82. The summed E-state index contributed by atoms with van der Waals surface area (Å²) < 4.78 is 6.02. The van der Waals surface area contributed by atoms with Crippen molar-refractivity contribution < 1.29 is 14.3 Å². The Hall–Kier alpha value is -3.83. The molecule has 0 radical (unpaired) electrons. The van der Waals surface area contributed by atoms with E-state index in [1.54, 1.807) is 11.8 Å². The minimum absolute atomic E-state index is 0.213. The highest BCUT2D eigenvalue weighted by Crippen LogP contribution is 2.43. The topological polar surface area (TPSA) is 55.4 Å². The second-order valence-electron chi connectivity index (χ2n) is 9.96. The number of aryl methyl sites for hydroxylation is 3. The molecule has 0 saturated carbocycles. The fourth-order valence-electron chi connectivity index (χ4n) is 4.87. The maximum absolute atomic E-state index is 14.5. The van der Waals surface area contributed by atoms with Gasteiger partial charge in [-0.25, -0.2) is 0 Å². The van der Waals surface area contributed by atoms with Crippen molar-refractivity contribution in [3.05, 3.63) is 130 Å². The number of esters is 1. The molecule has 1 N–H and O–H groups in total. The average molecular weight is 538 g/mol. The number of rotatable bonds is 9. The van der Waals surface area contributed by atoms with Crippen molar-refractivity contribution in [3.63, 3.8) is 0 Å². The lowest BCUT2D eigenvalue weighted by atomic mass is 9.75. The Morgan fingerprint density at radius 3 is 1.62 bits per heavy atom. The van der Waals surface area contributed by atoms with Crippen LogP contribution in [0.25, 0.3) is 0 Å². The number of nitrogens with one attached hydrogen (secondary N) is 1. The zero-order valence-electron chi connectivity index (χ0n) is 23.1. The third kappa shape index (κ3) is 6.98. The zero-order valence-corrected chi connectivity index (χ0v) is 23.9. The van der Waals surface area contributed by atoms with Crippen molar-refractivity contribution in [1.82, 2.24) is 0 Å². The molecule has 39 heavy (non-hydrogen) atoms. The van der Waals surface area contributed by atoms with Crippen LogP contribution in [0.2, 0.25) is 0 Å². The quantitative estimate of drug-likeness (QED) is 0.173. The van der Waals surface area contributed by atoms with Gasteiger partial charge in [0.1, 0.15) is 6.10 Å². The lowest BCUT2D eigenvalue weighted by Gasteiger charge is -2.34. The molecule has 200 valence electrons. The Labute approximate surface area is 235 Å². The van der Waals surface area contributed by atoms with Crippen molar-refractivity contribution in [2.24, 2.45) is 5.92 Å². The first-order valence-electron chi connectivity index (χ1n) is 13.1. The Morgan fingerprint density at radius 1 is 0.692 bits per heavy atom.